The number of nitrogens with two attached hydrogens (primary N) is 1. The summed E-state index contributed by atoms with van der Waals surface area (Å²) in [6.07, 6.45) is 1.87. The van der Waals surface area contributed by atoms with E-state index >= 15 is 0 Å². The van der Waals surface area contributed by atoms with Crippen LogP contribution in [0.3, 0.4) is 0 Å². The summed E-state index contributed by atoms with van der Waals surface area (Å²) in [6, 6.07) is 15.0. The van der Waals surface area contributed by atoms with Crippen molar-refractivity contribution in [1.82, 2.24) is 24.7 Å². The van der Waals surface area contributed by atoms with Crippen LogP contribution in [0.1, 0.15) is 17.0 Å². The highest BCUT2D eigenvalue weighted by molar-refractivity contribution is 5.44. The van der Waals surface area contributed by atoms with Crippen molar-refractivity contribution < 1.29 is 18.9 Å². The summed E-state index contributed by atoms with van der Waals surface area (Å²) in [4.78, 5) is 12.9. The molecule has 0 amide bonds. The fourth-order valence-electron chi connectivity index (χ4n) is 3.24. The van der Waals surface area contributed by atoms with E-state index in [1.165, 1.54) is 6.33 Å². The number of methoxy groups -OCH3 is 3. The maximum atomic E-state index is 5.90. The van der Waals surface area contributed by atoms with Crippen LogP contribution in [0.5, 0.6) is 23.1 Å². The molecule has 170 valence electrons. The molecule has 0 radical (unpaired) electrons. The van der Waals surface area contributed by atoms with Crippen molar-refractivity contribution in [2.24, 2.45) is 0 Å². The molecule has 0 unspecified atom stereocenters. The predicted octanol–water partition coefficient (Wildman–Crippen LogP) is 2.84. The van der Waals surface area contributed by atoms with Crippen molar-refractivity contribution in [2.75, 3.05) is 27.1 Å². The van der Waals surface area contributed by atoms with Crippen LogP contribution < -0.4 is 24.7 Å². The van der Waals surface area contributed by atoms with Gasteiger partial charge in [0.05, 0.1) is 21.3 Å². The van der Waals surface area contributed by atoms with Crippen LogP contribution in [-0.2, 0) is 13.0 Å². The SMILES string of the molecule is COc1ccc(COc2cc(-n3nc(N)nc3Cc3ccc(OC)c(OC)c3)ncn2)cc1. The summed E-state index contributed by atoms with van der Waals surface area (Å²) in [5.74, 6) is 3.72. The Balaban J connectivity index is 1.54. The number of benzene rings is 2. The topological polar surface area (TPSA) is 119 Å². The lowest BCUT2D eigenvalue weighted by Crippen LogP contribution is -2.07. The fraction of sp³-hybridized carbons (Fsp3) is 0.217. The summed E-state index contributed by atoms with van der Waals surface area (Å²) in [7, 11) is 4.82. The Hall–Kier alpha value is -4.34. The number of anilines is 1. The first-order chi connectivity index (χ1) is 16.1. The molecule has 33 heavy (non-hydrogen) atoms. The Morgan fingerprint density at radius 1 is 0.848 bits per heavy atom. The molecule has 0 saturated carbocycles. The van der Waals surface area contributed by atoms with Gasteiger partial charge in [-0.2, -0.15) is 9.67 Å². The lowest BCUT2D eigenvalue weighted by molar-refractivity contribution is 0.293. The Labute approximate surface area is 190 Å². The molecule has 2 heterocycles. The number of hydrogen-bond donors (Lipinski definition) is 1. The molecule has 0 saturated heterocycles. The van der Waals surface area contributed by atoms with E-state index in [1.54, 1.807) is 32.1 Å². The van der Waals surface area contributed by atoms with Crippen LogP contribution in [0.25, 0.3) is 5.82 Å². The molecule has 0 bridgehead atoms. The molecule has 0 atom stereocenters. The molecule has 10 nitrogen and oxygen atoms in total. The maximum absolute atomic E-state index is 5.90. The highest BCUT2D eigenvalue weighted by atomic mass is 16.5. The van der Waals surface area contributed by atoms with E-state index in [9.17, 15) is 0 Å². The molecule has 0 aliphatic rings. The molecule has 0 spiro atoms. The van der Waals surface area contributed by atoms with Gasteiger partial charge in [-0.05, 0) is 35.4 Å². The molecule has 0 aliphatic heterocycles. The summed E-state index contributed by atoms with van der Waals surface area (Å²) >= 11 is 0. The zero-order chi connectivity index (χ0) is 23.2. The van der Waals surface area contributed by atoms with Crippen molar-refractivity contribution in [1.29, 1.82) is 0 Å². The number of rotatable bonds is 9. The Morgan fingerprint density at radius 3 is 2.33 bits per heavy atom. The highest BCUT2D eigenvalue weighted by Crippen LogP contribution is 2.28. The van der Waals surface area contributed by atoms with Crippen LogP contribution in [0.2, 0.25) is 0 Å². The monoisotopic (exact) mass is 448 g/mol. The Kier molecular flexibility index (Phi) is 6.53. The zero-order valence-corrected chi connectivity index (χ0v) is 18.6. The molecular weight excluding hydrogens is 424 g/mol. The second kappa shape index (κ2) is 9.86. The van der Waals surface area contributed by atoms with Gasteiger partial charge in [-0.25, -0.2) is 9.97 Å². The van der Waals surface area contributed by atoms with E-state index in [0.29, 0.717) is 42.0 Å². The first kappa shape index (κ1) is 21.9. The van der Waals surface area contributed by atoms with Gasteiger partial charge in [-0.15, -0.1) is 5.10 Å². The fourth-order valence-corrected chi connectivity index (χ4v) is 3.24. The molecule has 2 aromatic heterocycles. The Morgan fingerprint density at radius 2 is 1.61 bits per heavy atom. The van der Waals surface area contributed by atoms with Crippen molar-refractivity contribution in [3.63, 3.8) is 0 Å². The van der Waals surface area contributed by atoms with Crippen LogP contribution in [0.15, 0.2) is 54.9 Å². The van der Waals surface area contributed by atoms with Crippen LogP contribution in [0.4, 0.5) is 5.95 Å². The quantitative estimate of drug-likeness (QED) is 0.412. The van der Waals surface area contributed by atoms with E-state index in [4.69, 9.17) is 24.7 Å². The lowest BCUT2D eigenvalue weighted by Gasteiger charge is -2.10. The van der Waals surface area contributed by atoms with Gasteiger partial charge < -0.3 is 24.7 Å². The van der Waals surface area contributed by atoms with Crippen LogP contribution >= 0.6 is 0 Å². The number of ether oxygens (including phenoxy) is 4. The number of nitrogens with zero attached hydrogens (tertiary/aromatic N) is 5. The zero-order valence-electron chi connectivity index (χ0n) is 18.6. The van der Waals surface area contributed by atoms with Crippen molar-refractivity contribution in [3.8, 4) is 28.9 Å². The summed E-state index contributed by atoms with van der Waals surface area (Å²) in [5.41, 5.74) is 7.83. The largest absolute Gasteiger partial charge is 0.497 e. The van der Waals surface area contributed by atoms with E-state index in [1.807, 2.05) is 42.5 Å². The van der Waals surface area contributed by atoms with Crippen molar-refractivity contribution >= 4 is 5.95 Å². The van der Waals surface area contributed by atoms with Gasteiger partial charge in [0.1, 0.15) is 24.5 Å². The minimum Gasteiger partial charge on any atom is -0.497 e. The predicted molar refractivity (Wildman–Crippen MR) is 121 cm³/mol. The lowest BCUT2D eigenvalue weighted by atomic mass is 10.1. The number of aromatic nitrogens is 5. The molecule has 2 N–H and O–H groups in total. The van der Waals surface area contributed by atoms with Gasteiger partial charge in [-0.1, -0.05) is 18.2 Å². The third kappa shape index (κ3) is 5.12. The van der Waals surface area contributed by atoms with Gasteiger partial charge in [0.15, 0.2) is 17.3 Å². The third-order valence-electron chi connectivity index (χ3n) is 4.89. The van der Waals surface area contributed by atoms with Gasteiger partial charge >= 0.3 is 0 Å². The average Bonchev–Trinajstić information content (AvgIpc) is 3.23. The number of hydrogen-bond acceptors (Lipinski definition) is 9. The van der Waals surface area contributed by atoms with Gasteiger partial charge in [-0.3, -0.25) is 0 Å². The maximum Gasteiger partial charge on any atom is 0.240 e. The van der Waals surface area contributed by atoms with Crippen LogP contribution in [0, 0.1) is 0 Å². The van der Waals surface area contributed by atoms with Gasteiger partial charge in [0.25, 0.3) is 0 Å². The van der Waals surface area contributed by atoms with Crippen molar-refractivity contribution in [2.45, 2.75) is 13.0 Å². The summed E-state index contributed by atoms with van der Waals surface area (Å²) < 4.78 is 23.3. The highest BCUT2D eigenvalue weighted by Gasteiger charge is 2.14. The van der Waals surface area contributed by atoms with Crippen molar-refractivity contribution in [3.05, 3.63) is 71.8 Å². The van der Waals surface area contributed by atoms with Gasteiger partial charge in [0.2, 0.25) is 11.8 Å². The molecule has 2 aromatic carbocycles. The summed E-state index contributed by atoms with van der Waals surface area (Å²) in [5, 5.41) is 4.30. The molecule has 0 aliphatic carbocycles. The first-order valence-electron chi connectivity index (χ1n) is 10.1. The molecule has 4 aromatic rings. The second-order valence-corrected chi connectivity index (χ2v) is 7.02. The molecular formula is C23H24N6O4. The van der Waals surface area contributed by atoms with Crippen LogP contribution in [-0.4, -0.2) is 46.1 Å². The molecule has 0 fully saturated rings. The average molecular weight is 448 g/mol. The summed E-state index contributed by atoms with van der Waals surface area (Å²) in [6.45, 7) is 0.346. The normalized spacial score (nSPS) is 10.6. The standard InChI is InChI=1S/C23H24N6O4/c1-30-17-7-4-15(5-8-17)13-33-22-12-20(25-14-26-22)29-21(27-23(24)28-29)11-16-6-9-18(31-2)19(10-16)32-3/h4-10,12,14H,11,13H2,1-3H3,(H2,24,28). The minimum absolute atomic E-state index is 0.143. The van der Waals surface area contributed by atoms with E-state index in [2.05, 4.69) is 20.1 Å². The molecule has 10 heteroatoms. The Bertz CT molecular complexity index is 1230. The van der Waals surface area contributed by atoms with E-state index < -0.39 is 0 Å². The first-order valence-corrected chi connectivity index (χ1v) is 10.1. The molecule has 4 rings (SSSR count). The third-order valence-corrected chi connectivity index (χ3v) is 4.89. The van der Waals surface area contributed by atoms with E-state index in [-0.39, 0.29) is 5.95 Å². The number of nitrogen functional groups attached to an aromatic ring is 1. The van der Waals surface area contributed by atoms with E-state index in [0.717, 1.165) is 16.9 Å². The minimum atomic E-state index is 0.143. The smallest absolute Gasteiger partial charge is 0.240 e. The van der Waals surface area contributed by atoms with Gasteiger partial charge in [0, 0.05) is 12.5 Å². The second-order valence-electron chi connectivity index (χ2n) is 7.02.